The first-order valence-corrected chi connectivity index (χ1v) is 7.57. The van der Waals surface area contributed by atoms with Gasteiger partial charge in [-0.15, -0.1) is 0 Å². The van der Waals surface area contributed by atoms with Crippen molar-refractivity contribution in [1.82, 2.24) is 9.97 Å². The van der Waals surface area contributed by atoms with Crippen LogP contribution < -0.4 is 4.90 Å². The fourth-order valence-electron chi connectivity index (χ4n) is 2.58. The third-order valence-electron chi connectivity index (χ3n) is 4.06. The minimum Gasteiger partial charge on any atom is -0.356 e. The highest BCUT2D eigenvalue weighted by atomic mass is 35.5. The predicted octanol–water partition coefficient (Wildman–Crippen LogP) is 4.04. The maximum Gasteiger partial charge on any atom is 0.137 e. The molecule has 1 atom stereocenters. The highest BCUT2D eigenvalue weighted by molar-refractivity contribution is 6.30. The van der Waals surface area contributed by atoms with Gasteiger partial charge in [0, 0.05) is 24.6 Å². The van der Waals surface area contributed by atoms with E-state index in [0.717, 1.165) is 42.1 Å². The van der Waals surface area contributed by atoms with Gasteiger partial charge in [-0.05, 0) is 25.2 Å². The average Bonchev–Trinajstić information content (AvgIpc) is 2.81. The van der Waals surface area contributed by atoms with E-state index in [1.807, 2.05) is 6.92 Å². The topological polar surface area (TPSA) is 29.0 Å². The zero-order valence-electron chi connectivity index (χ0n) is 12.6. The minimum atomic E-state index is 0.306. The van der Waals surface area contributed by atoms with Crippen LogP contribution in [0.25, 0.3) is 0 Å². The summed E-state index contributed by atoms with van der Waals surface area (Å²) in [5.74, 6) is 3.67. The monoisotopic (exact) mass is 281 g/mol. The van der Waals surface area contributed by atoms with Crippen molar-refractivity contribution in [2.45, 2.75) is 47.0 Å². The summed E-state index contributed by atoms with van der Waals surface area (Å²) in [5.41, 5.74) is 1.01. The van der Waals surface area contributed by atoms with Gasteiger partial charge in [0.15, 0.2) is 0 Å². The van der Waals surface area contributed by atoms with Crippen molar-refractivity contribution in [2.75, 3.05) is 18.0 Å². The van der Waals surface area contributed by atoms with E-state index in [-0.39, 0.29) is 0 Å². The Morgan fingerprint density at radius 3 is 2.42 bits per heavy atom. The van der Waals surface area contributed by atoms with Crippen molar-refractivity contribution in [3.05, 3.63) is 16.5 Å². The summed E-state index contributed by atoms with van der Waals surface area (Å²) in [6.45, 7) is 13.0. The lowest BCUT2D eigenvalue weighted by Crippen LogP contribution is -2.24. The molecule has 1 aromatic rings. The first kappa shape index (κ1) is 14.6. The fraction of sp³-hybridized carbons (Fsp3) is 0.733. The van der Waals surface area contributed by atoms with Gasteiger partial charge in [0.05, 0.1) is 0 Å². The molecule has 0 saturated carbocycles. The minimum absolute atomic E-state index is 0.306. The Labute approximate surface area is 121 Å². The molecule has 0 amide bonds. The maximum absolute atomic E-state index is 6.26. The van der Waals surface area contributed by atoms with E-state index < -0.39 is 0 Å². The number of nitrogens with zero attached hydrogens (tertiary/aromatic N) is 3. The molecule has 1 aromatic heterocycles. The van der Waals surface area contributed by atoms with E-state index >= 15 is 0 Å². The van der Waals surface area contributed by atoms with Crippen LogP contribution >= 0.6 is 11.6 Å². The molecule has 2 heterocycles. The fourth-order valence-corrected chi connectivity index (χ4v) is 2.76. The van der Waals surface area contributed by atoms with E-state index in [2.05, 4.69) is 37.6 Å². The Morgan fingerprint density at radius 2 is 1.89 bits per heavy atom. The van der Waals surface area contributed by atoms with Gasteiger partial charge in [-0.3, -0.25) is 0 Å². The molecule has 1 saturated heterocycles. The standard InChI is InChI=1S/C15H24ClN3/c1-9(2)12-6-7-19(8-12)15-11(5)13(16)17-14(18-15)10(3)4/h9-10,12H,6-8H2,1-5H3. The largest absolute Gasteiger partial charge is 0.356 e. The van der Waals surface area contributed by atoms with Gasteiger partial charge in [-0.2, -0.15) is 0 Å². The van der Waals surface area contributed by atoms with Crippen LogP contribution in [-0.2, 0) is 0 Å². The van der Waals surface area contributed by atoms with E-state index in [1.54, 1.807) is 0 Å². The van der Waals surface area contributed by atoms with Crippen LogP contribution in [0.4, 0.5) is 5.82 Å². The van der Waals surface area contributed by atoms with Gasteiger partial charge >= 0.3 is 0 Å². The van der Waals surface area contributed by atoms with Crippen LogP contribution in [0.5, 0.6) is 0 Å². The normalized spacial score (nSPS) is 19.8. The van der Waals surface area contributed by atoms with Crippen LogP contribution in [-0.4, -0.2) is 23.1 Å². The Bertz CT molecular complexity index is 457. The zero-order chi connectivity index (χ0) is 14.2. The molecule has 0 aromatic carbocycles. The zero-order valence-corrected chi connectivity index (χ0v) is 13.3. The highest BCUT2D eigenvalue weighted by Gasteiger charge is 2.27. The number of halogens is 1. The van der Waals surface area contributed by atoms with Crippen molar-refractivity contribution in [2.24, 2.45) is 11.8 Å². The Morgan fingerprint density at radius 1 is 1.21 bits per heavy atom. The third-order valence-corrected chi connectivity index (χ3v) is 4.43. The van der Waals surface area contributed by atoms with Gasteiger partial charge in [0.25, 0.3) is 0 Å². The van der Waals surface area contributed by atoms with E-state index in [9.17, 15) is 0 Å². The molecule has 4 heteroatoms. The van der Waals surface area contributed by atoms with Crippen LogP contribution in [0.1, 0.15) is 51.4 Å². The van der Waals surface area contributed by atoms with Gasteiger partial charge < -0.3 is 4.90 Å². The van der Waals surface area contributed by atoms with E-state index in [0.29, 0.717) is 11.1 Å². The first-order valence-electron chi connectivity index (χ1n) is 7.19. The number of aromatic nitrogens is 2. The molecule has 3 nitrogen and oxygen atoms in total. The van der Waals surface area contributed by atoms with Gasteiger partial charge in [0.2, 0.25) is 0 Å². The first-order chi connectivity index (χ1) is 8.90. The molecule has 0 aliphatic carbocycles. The molecule has 0 bridgehead atoms. The van der Waals surface area contributed by atoms with Crippen molar-refractivity contribution in [1.29, 1.82) is 0 Å². The molecule has 0 radical (unpaired) electrons. The summed E-state index contributed by atoms with van der Waals surface area (Å²) in [5, 5.41) is 0.599. The molecular weight excluding hydrogens is 258 g/mol. The summed E-state index contributed by atoms with van der Waals surface area (Å²) in [6, 6.07) is 0. The molecule has 1 fully saturated rings. The number of rotatable bonds is 3. The highest BCUT2D eigenvalue weighted by Crippen LogP contribution is 2.31. The second kappa shape index (κ2) is 5.66. The summed E-state index contributed by atoms with van der Waals surface area (Å²) >= 11 is 6.26. The Balaban J connectivity index is 2.30. The second-order valence-corrected chi connectivity index (χ2v) is 6.57. The second-order valence-electron chi connectivity index (χ2n) is 6.21. The summed E-state index contributed by atoms with van der Waals surface area (Å²) < 4.78 is 0. The average molecular weight is 282 g/mol. The van der Waals surface area contributed by atoms with Crippen molar-refractivity contribution < 1.29 is 0 Å². The quantitative estimate of drug-likeness (QED) is 0.783. The molecule has 2 rings (SSSR count). The molecule has 1 unspecified atom stereocenters. The Kier molecular flexibility index (Phi) is 4.34. The van der Waals surface area contributed by atoms with Crippen LogP contribution in [0.15, 0.2) is 0 Å². The van der Waals surface area contributed by atoms with Crippen LogP contribution in [0.3, 0.4) is 0 Å². The maximum atomic E-state index is 6.26. The molecule has 19 heavy (non-hydrogen) atoms. The van der Waals surface area contributed by atoms with Gasteiger partial charge in [-0.25, -0.2) is 9.97 Å². The van der Waals surface area contributed by atoms with E-state index in [4.69, 9.17) is 16.6 Å². The van der Waals surface area contributed by atoms with Crippen molar-refractivity contribution in [3.8, 4) is 0 Å². The molecule has 1 aliphatic heterocycles. The third kappa shape index (κ3) is 3.02. The molecule has 106 valence electrons. The van der Waals surface area contributed by atoms with Crippen molar-refractivity contribution >= 4 is 17.4 Å². The summed E-state index contributed by atoms with van der Waals surface area (Å²) in [4.78, 5) is 11.5. The van der Waals surface area contributed by atoms with Crippen LogP contribution in [0.2, 0.25) is 5.15 Å². The summed E-state index contributed by atoms with van der Waals surface area (Å²) in [6.07, 6.45) is 1.25. The van der Waals surface area contributed by atoms with Crippen molar-refractivity contribution in [3.63, 3.8) is 0 Å². The summed E-state index contributed by atoms with van der Waals surface area (Å²) in [7, 11) is 0. The number of hydrogen-bond donors (Lipinski definition) is 0. The van der Waals surface area contributed by atoms with E-state index in [1.165, 1.54) is 6.42 Å². The Hall–Kier alpha value is -0.830. The number of hydrogen-bond acceptors (Lipinski definition) is 3. The smallest absolute Gasteiger partial charge is 0.137 e. The SMILES string of the molecule is Cc1c(Cl)nc(C(C)C)nc1N1CCC(C(C)C)C1. The lowest BCUT2D eigenvalue weighted by atomic mass is 9.95. The molecular formula is C15H24ClN3. The van der Waals surface area contributed by atoms with Gasteiger partial charge in [0.1, 0.15) is 16.8 Å². The number of anilines is 1. The molecule has 0 spiro atoms. The van der Waals surface area contributed by atoms with Gasteiger partial charge in [-0.1, -0.05) is 39.3 Å². The lowest BCUT2D eigenvalue weighted by molar-refractivity contribution is 0.422. The molecule has 1 aliphatic rings. The molecule has 0 N–H and O–H groups in total. The van der Waals surface area contributed by atoms with Crippen LogP contribution in [0, 0.1) is 18.8 Å². The predicted molar refractivity (Wildman–Crippen MR) is 81.0 cm³/mol. The lowest BCUT2D eigenvalue weighted by Gasteiger charge is -2.22.